The number of aromatic amines is 2. The van der Waals surface area contributed by atoms with Crippen LogP contribution in [0.25, 0.3) is 33.3 Å². The first-order valence-corrected chi connectivity index (χ1v) is 9.99. The molecule has 6 N–H and O–H groups in total. The molecule has 1 saturated heterocycles. The highest BCUT2D eigenvalue weighted by Crippen LogP contribution is 2.34. The van der Waals surface area contributed by atoms with E-state index in [0.29, 0.717) is 31.6 Å². The van der Waals surface area contributed by atoms with Gasteiger partial charge in [-0.15, -0.1) is 10.2 Å². The maximum Gasteiger partial charge on any atom is 0.371 e. The summed E-state index contributed by atoms with van der Waals surface area (Å²) in [6, 6.07) is 6.96. The summed E-state index contributed by atoms with van der Waals surface area (Å²) in [5.41, 5.74) is 4.12. The number of anilines is 1. The van der Waals surface area contributed by atoms with E-state index in [1.54, 1.807) is 24.5 Å². The molecule has 0 atom stereocenters. The van der Waals surface area contributed by atoms with Gasteiger partial charge in [-0.1, -0.05) is 6.07 Å². The number of H-pyrrole nitrogens is 2. The van der Waals surface area contributed by atoms with E-state index in [-0.39, 0.29) is 11.9 Å². The summed E-state index contributed by atoms with van der Waals surface area (Å²) in [5.74, 6) is 0.180. The van der Waals surface area contributed by atoms with Crippen LogP contribution >= 0.6 is 0 Å². The summed E-state index contributed by atoms with van der Waals surface area (Å²) >= 11 is 0. The van der Waals surface area contributed by atoms with Crippen molar-refractivity contribution in [3.63, 3.8) is 0 Å². The third kappa shape index (κ3) is 3.64. The van der Waals surface area contributed by atoms with E-state index in [4.69, 9.17) is 0 Å². The van der Waals surface area contributed by atoms with Crippen molar-refractivity contribution in [1.82, 2.24) is 35.9 Å². The van der Waals surface area contributed by atoms with Crippen molar-refractivity contribution < 1.29 is 15.3 Å². The van der Waals surface area contributed by atoms with Crippen molar-refractivity contribution in [2.24, 2.45) is 0 Å². The van der Waals surface area contributed by atoms with Crippen LogP contribution in [-0.2, 0) is 0 Å². The van der Waals surface area contributed by atoms with Crippen LogP contribution in [0.5, 0.6) is 0 Å². The molecule has 0 amide bonds. The molecule has 1 aromatic carbocycles. The smallest absolute Gasteiger partial charge is 0.325 e. The fourth-order valence-corrected chi connectivity index (χ4v) is 4.15. The van der Waals surface area contributed by atoms with Gasteiger partial charge in [0.1, 0.15) is 0 Å². The van der Waals surface area contributed by atoms with Gasteiger partial charge in [-0.25, -0.2) is 0 Å². The average Bonchev–Trinajstić information content (AvgIpc) is 3.46. The summed E-state index contributed by atoms with van der Waals surface area (Å²) in [5, 5.41) is 56.4. The number of piperidine rings is 1. The number of hydrogen-bond acceptors (Lipinski definition) is 9. The van der Waals surface area contributed by atoms with Crippen molar-refractivity contribution in [3.8, 4) is 22.4 Å². The Morgan fingerprint density at radius 3 is 2.42 bits per heavy atom. The van der Waals surface area contributed by atoms with E-state index in [9.17, 15) is 15.3 Å². The molecule has 3 aromatic heterocycles. The van der Waals surface area contributed by atoms with Crippen molar-refractivity contribution in [2.45, 2.75) is 25.0 Å². The second-order valence-electron chi connectivity index (χ2n) is 7.53. The van der Waals surface area contributed by atoms with E-state index in [0.717, 1.165) is 32.5 Å². The molecule has 0 radical (unpaired) electrons. The Labute approximate surface area is 176 Å². The van der Waals surface area contributed by atoms with E-state index in [2.05, 4.69) is 35.9 Å². The molecule has 1 fully saturated rings. The van der Waals surface area contributed by atoms with Gasteiger partial charge in [0.25, 0.3) is 0 Å². The van der Waals surface area contributed by atoms with E-state index in [1.165, 1.54) is 0 Å². The van der Waals surface area contributed by atoms with Gasteiger partial charge in [0.2, 0.25) is 0 Å². The fourth-order valence-electron chi connectivity index (χ4n) is 4.15. The Bertz CT molecular complexity index is 1160. The Hall–Kier alpha value is -3.38. The highest BCUT2D eigenvalue weighted by atomic mass is 16.7. The first-order valence-electron chi connectivity index (χ1n) is 9.99. The highest BCUT2D eigenvalue weighted by molar-refractivity contribution is 6.01. The average molecular weight is 422 g/mol. The molecule has 4 aromatic rings. The minimum Gasteiger partial charge on any atom is -0.325 e. The predicted octanol–water partition coefficient (Wildman–Crippen LogP) is 0.557. The second kappa shape index (κ2) is 7.71. The molecule has 31 heavy (non-hydrogen) atoms. The van der Waals surface area contributed by atoms with Crippen LogP contribution in [0.4, 0.5) is 5.82 Å². The van der Waals surface area contributed by atoms with Gasteiger partial charge in [-0.3, -0.25) is 15.1 Å². The standard InChI is InChI=1S/C20H22N8O3/c29-20(30,31)28(13-5-7-21-8-6-13)18-4-3-17(25-26-18)15-2-1-14(12-9-22-23-10-12)16-11-24-27-19(15)16/h1-4,9-11,13,21,29-31H,5-8H2,(H,22,23)(H,24,27). The third-order valence-corrected chi connectivity index (χ3v) is 5.60. The molecule has 0 unspecified atom stereocenters. The second-order valence-corrected chi connectivity index (χ2v) is 7.53. The van der Waals surface area contributed by atoms with Gasteiger partial charge in [-0.05, 0) is 49.7 Å². The van der Waals surface area contributed by atoms with Gasteiger partial charge in [0.15, 0.2) is 5.82 Å². The lowest BCUT2D eigenvalue weighted by atomic mass is 10.00. The topological polar surface area (TPSA) is 159 Å². The first kappa shape index (κ1) is 19.6. The lowest BCUT2D eigenvalue weighted by Gasteiger charge is -2.39. The summed E-state index contributed by atoms with van der Waals surface area (Å²) in [4.78, 5) is 1.10. The Morgan fingerprint density at radius 1 is 0.935 bits per heavy atom. The van der Waals surface area contributed by atoms with Gasteiger partial charge >= 0.3 is 6.10 Å². The van der Waals surface area contributed by atoms with Crippen LogP contribution in [0.3, 0.4) is 0 Å². The van der Waals surface area contributed by atoms with Crippen molar-refractivity contribution in [2.75, 3.05) is 18.0 Å². The Morgan fingerprint density at radius 2 is 1.74 bits per heavy atom. The molecule has 4 heterocycles. The molecule has 5 rings (SSSR count). The van der Waals surface area contributed by atoms with Crippen LogP contribution in [0.2, 0.25) is 0 Å². The number of nitrogens with one attached hydrogen (secondary N) is 3. The number of rotatable bonds is 5. The van der Waals surface area contributed by atoms with Gasteiger partial charge in [0.05, 0.1) is 23.6 Å². The number of aliphatic hydroxyl groups is 3. The number of nitrogens with zero attached hydrogens (tertiary/aromatic N) is 5. The maximum absolute atomic E-state index is 9.93. The van der Waals surface area contributed by atoms with Crippen LogP contribution in [0.15, 0.2) is 42.9 Å². The number of benzene rings is 1. The summed E-state index contributed by atoms with van der Waals surface area (Å²) in [6.07, 6.45) is 3.56. The van der Waals surface area contributed by atoms with Crippen LogP contribution in [0.1, 0.15) is 12.8 Å². The van der Waals surface area contributed by atoms with Crippen molar-refractivity contribution in [1.29, 1.82) is 0 Å². The molecule has 11 heteroatoms. The largest absolute Gasteiger partial charge is 0.371 e. The minimum absolute atomic E-state index is 0.180. The van der Waals surface area contributed by atoms with Gasteiger partial charge < -0.3 is 20.6 Å². The quantitative estimate of drug-likeness (QED) is 0.253. The number of hydrogen-bond donors (Lipinski definition) is 6. The van der Waals surface area contributed by atoms with Crippen LogP contribution < -0.4 is 10.2 Å². The lowest BCUT2D eigenvalue weighted by molar-refractivity contribution is -0.313. The SMILES string of the molecule is OC(O)(O)N(c1ccc(-c2ccc(-c3cn[nH]c3)c3cn[nH]c23)nn1)C1CCNCC1. The monoisotopic (exact) mass is 422 g/mol. The molecule has 1 aliphatic heterocycles. The van der Waals surface area contributed by atoms with Gasteiger partial charge in [-0.2, -0.15) is 10.2 Å². The van der Waals surface area contributed by atoms with Crippen molar-refractivity contribution in [3.05, 3.63) is 42.9 Å². The molecule has 0 spiro atoms. The third-order valence-electron chi connectivity index (χ3n) is 5.60. The minimum atomic E-state index is -3.03. The molecule has 160 valence electrons. The predicted molar refractivity (Wildman–Crippen MR) is 112 cm³/mol. The Kier molecular flexibility index (Phi) is 4.87. The maximum atomic E-state index is 9.93. The molecule has 1 aliphatic rings. The summed E-state index contributed by atoms with van der Waals surface area (Å²) in [6.45, 7) is 1.42. The van der Waals surface area contributed by atoms with Gasteiger partial charge in [0, 0.05) is 28.8 Å². The summed E-state index contributed by atoms with van der Waals surface area (Å²) in [7, 11) is 0. The highest BCUT2D eigenvalue weighted by Gasteiger charge is 2.37. The first-order chi connectivity index (χ1) is 15.0. The van der Waals surface area contributed by atoms with E-state index < -0.39 is 6.10 Å². The molecule has 11 nitrogen and oxygen atoms in total. The van der Waals surface area contributed by atoms with Crippen LogP contribution in [0, 0.1) is 0 Å². The van der Waals surface area contributed by atoms with Crippen LogP contribution in [-0.4, -0.2) is 71.1 Å². The molecular formula is C20H22N8O3. The number of fused-ring (bicyclic) bond motifs is 1. The normalized spacial score (nSPS) is 15.5. The lowest BCUT2D eigenvalue weighted by Crippen LogP contribution is -2.57. The van der Waals surface area contributed by atoms with Crippen molar-refractivity contribution >= 4 is 16.7 Å². The zero-order valence-electron chi connectivity index (χ0n) is 16.5. The molecular weight excluding hydrogens is 400 g/mol. The fraction of sp³-hybridized carbons (Fsp3) is 0.300. The van der Waals surface area contributed by atoms with E-state index >= 15 is 0 Å². The molecule has 0 saturated carbocycles. The summed E-state index contributed by atoms with van der Waals surface area (Å²) < 4.78 is 0. The number of aromatic nitrogens is 6. The Balaban J connectivity index is 1.51. The zero-order valence-corrected chi connectivity index (χ0v) is 16.5. The van der Waals surface area contributed by atoms with E-state index in [1.807, 2.05) is 18.3 Å². The molecule has 0 bridgehead atoms. The zero-order chi connectivity index (χ0) is 21.4. The molecule has 0 aliphatic carbocycles.